The first-order chi connectivity index (χ1) is 8.54. The number of carbonyl (C=O) groups is 1. The molecule has 2 N–H and O–H groups in total. The molecule has 0 aliphatic carbocycles. The molecule has 1 rings (SSSR count). The molecule has 1 heterocycles. The van der Waals surface area contributed by atoms with Gasteiger partial charge < -0.3 is 15.2 Å². The van der Waals surface area contributed by atoms with Crippen LogP contribution in [0.15, 0.2) is 4.52 Å². The molecular weight excluding hydrogens is 230 g/mol. The standard InChI is InChI=1S/C13H23N3O2/c1-9(15-13(17)6-5-7-14-4)8-12-10(2)16-18-11(12)3/h9,14H,5-8H2,1-4H3,(H,15,17). The molecule has 1 aromatic rings. The van der Waals surface area contributed by atoms with Crippen molar-refractivity contribution in [3.8, 4) is 0 Å². The number of nitrogens with one attached hydrogen (secondary N) is 2. The molecule has 0 aliphatic heterocycles. The maximum absolute atomic E-state index is 11.6. The summed E-state index contributed by atoms with van der Waals surface area (Å²) in [6, 6.07) is 0.101. The fourth-order valence-corrected chi connectivity index (χ4v) is 1.92. The van der Waals surface area contributed by atoms with Crippen molar-refractivity contribution >= 4 is 5.91 Å². The second-order valence-corrected chi connectivity index (χ2v) is 4.68. The Balaban J connectivity index is 2.37. The third kappa shape index (κ3) is 4.49. The molecule has 18 heavy (non-hydrogen) atoms. The Hall–Kier alpha value is -1.36. The third-order valence-electron chi connectivity index (χ3n) is 2.93. The van der Waals surface area contributed by atoms with E-state index in [0.717, 1.165) is 36.4 Å². The topological polar surface area (TPSA) is 67.2 Å². The lowest BCUT2D eigenvalue weighted by molar-refractivity contribution is -0.121. The van der Waals surface area contributed by atoms with Crippen molar-refractivity contribution in [1.82, 2.24) is 15.8 Å². The van der Waals surface area contributed by atoms with Crippen molar-refractivity contribution in [2.24, 2.45) is 0 Å². The Morgan fingerprint density at radius 3 is 2.72 bits per heavy atom. The van der Waals surface area contributed by atoms with Gasteiger partial charge in [-0.1, -0.05) is 5.16 Å². The van der Waals surface area contributed by atoms with Gasteiger partial charge in [0.25, 0.3) is 0 Å². The van der Waals surface area contributed by atoms with Gasteiger partial charge in [-0.25, -0.2) is 0 Å². The molecule has 0 radical (unpaired) electrons. The van der Waals surface area contributed by atoms with Gasteiger partial charge in [-0.15, -0.1) is 0 Å². The van der Waals surface area contributed by atoms with Gasteiger partial charge in [0.2, 0.25) is 5.91 Å². The molecule has 1 aromatic heterocycles. The van der Waals surface area contributed by atoms with E-state index in [2.05, 4.69) is 15.8 Å². The summed E-state index contributed by atoms with van der Waals surface area (Å²) in [5, 5.41) is 9.94. The zero-order valence-corrected chi connectivity index (χ0v) is 11.7. The number of carbonyl (C=O) groups excluding carboxylic acids is 1. The molecule has 1 atom stereocenters. The Morgan fingerprint density at radius 1 is 1.44 bits per heavy atom. The van der Waals surface area contributed by atoms with Crippen LogP contribution in [0.3, 0.4) is 0 Å². The molecule has 0 spiro atoms. The fraction of sp³-hybridized carbons (Fsp3) is 0.692. The average Bonchev–Trinajstić information content (AvgIpc) is 2.61. The van der Waals surface area contributed by atoms with Crippen molar-refractivity contribution in [2.45, 2.75) is 46.1 Å². The highest BCUT2D eigenvalue weighted by Gasteiger charge is 2.14. The van der Waals surface area contributed by atoms with Gasteiger partial charge in [-0.2, -0.15) is 0 Å². The molecule has 0 bridgehead atoms. The summed E-state index contributed by atoms with van der Waals surface area (Å²) in [5.41, 5.74) is 2.00. The van der Waals surface area contributed by atoms with Gasteiger partial charge in [0.05, 0.1) is 5.69 Å². The number of nitrogens with zero attached hydrogens (tertiary/aromatic N) is 1. The van der Waals surface area contributed by atoms with Gasteiger partial charge in [0.1, 0.15) is 5.76 Å². The van der Waals surface area contributed by atoms with E-state index < -0.39 is 0 Å². The van der Waals surface area contributed by atoms with E-state index in [4.69, 9.17) is 4.52 Å². The summed E-state index contributed by atoms with van der Waals surface area (Å²) in [5.74, 6) is 0.938. The van der Waals surface area contributed by atoms with Crippen LogP contribution in [-0.4, -0.2) is 30.7 Å². The quantitative estimate of drug-likeness (QED) is 0.720. The van der Waals surface area contributed by atoms with E-state index in [0.29, 0.717) is 6.42 Å². The number of amides is 1. The van der Waals surface area contributed by atoms with Crippen LogP contribution in [0.4, 0.5) is 0 Å². The average molecular weight is 253 g/mol. The van der Waals surface area contributed by atoms with Crippen LogP contribution in [0.2, 0.25) is 0 Å². The van der Waals surface area contributed by atoms with Crippen LogP contribution in [0.25, 0.3) is 0 Å². The molecule has 0 aliphatic rings. The maximum Gasteiger partial charge on any atom is 0.220 e. The first kappa shape index (κ1) is 14.7. The summed E-state index contributed by atoms with van der Waals surface area (Å²) in [6.07, 6.45) is 2.19. The molecule has 0 aromatic carbocycles. The Bertz CT molecular complexity index is 368. The van der Waals surface area contributed by atoms with E-state index in [1.54, 1.807) is 0 Å². The normalized spacial score (nSPS) is 12.4. The first-order valence-electron chi connectivity index (χ1n) is 6.40. The van der Waals surface area contributed by atoms with E-state index >= 15 is 0 Å². The van der Waals surface area contributed by atoms with Gasteiger partial charge in [-0.3, -0.25) is 4.79 Å². The van der Waals surface area contributed by atoms with Gasteiger partial charge in [-0.05, 0) is 47.2 Å². The second-order valence-electron chi connectivity index (χ2n) is 4.68. The lowest BCUT2D eigenvalue weighted by Crippen LogP contribution is -2.34. The van der Waals surface area contributed by atoms with Crippen molar-refractivity contribution in [1.29, 1.82) is 0 Å². The molecule has 5 heteroatoms. The Morgan fingerprint density at radius 2 is 2.17 bits per heavy atom. The molecule has 0 fully saturated rings. The number of hydrogen-bond donors (Lipinski definition) is 2. The van der Waals surface area contributed by atoms with Gasteiger partial charge in [0.15, 0.2) is 0 Å². The van der Waals surface area contributed by atoms with Crippen LogP contribution < -0.4 is 10.6 Å². The van der Waals surface area contributed by atoms with Crippen molar-refractivity contribution < 1.29 is 9.32 Å². The lowest BCUT2D eigenvalue weighted by atomic mass is 10.1. The van der Waals surface area contributed by atoms with E-state index in [1.807, 2.05) is 27.8 Å². The highest BCUT2D eigenvalue weighted by atomic mass is 16.5. The molecule has 1 amide bonds. The Kier molecular flexibility index (Phi) is 5.85. The SMILES string of the molecule is CNCCCC(=O)NC(C)Cc1c(C)noc1C. The minimum Gasteiger partial charge on any atom is -0.361 e. The van der Waals surface area contributed by atoms with E-state index in [1.165, 1.54) is 0 Å². The monoisotopic (exact) mass is 253 g/mol. The highest BCUT2D eigenvalue weighted by Crippen LogP contribution is 2.14. The van der Waals surface area contributed by atoms with Crippen molar-refractivity contribution in [3.63, 3.8) is 0 Å². The zero-order chi connectivity index (χ0) is 13.5. The summed E-state index contributed by atoms with van der Waals surface area (Å²) in [4.78, 5) is 11.6. The van der Waals surface area contributed by atoms with Crippen LogP contribution in [0.5, 0.6) is 0 Å². The lowest BCUT2D eigenvalue weighted by Gasteiger charge is -2.13. The van der Waals surface area contributed by atoms with E-state index in [9.17, 15) is 4.79 Å². The largest absolute Gasteiger partial charge is 0.361 e. The maximum atomic E-state index is 11.6. The van der Waals surface area contributed by atoms with Crippen molar-refractivity contribution in [2.75, 3.05) is 13.6 Å². The smallest absolute Gasteiger partial charge is 0.220 e. The van der Waals surface area contributed by atoms with Crippen LogP contribution in [0, 0.1) is 13.8 Å². The molecule has 0 saturated heterocycles. The fourth-order valence-electron chi connectivity index (χ4n) is 1.92. The van der Waals surface area contributed by atoms with Gasteiger partial charge >= 0.3 is 0 Å². The number of hydrogen-bond acceptors (Lipinski definition) is 4. The third-order valence-corrected chi connectivity index (χ3v) is 2.93. The van der Waals surface area contributed by atoms with Crippen LogP contribution >= 0.6 is 0 Å². The molecule has 1 unspecified atom stereocenters. The summed E-state index contributed by atoms with van der Waals surface area (Å²) >= 11 is 0. The molecule has 102 valence electrons. The first-order valence-corrected chi connectivity index (χ1v) is 6.40. The highest BCUT2D eigenvalue weighted by molar-refractivity contribution is 5.76. The predicted molar refractivity (Wildman–Crippen MR) is 70.4 cm³/mol. The summed E-state index contributed by atoms with van der Waals surface area (Å²) in [6.45, 7) is 6.69. The molecular formula is C13H23N3O2. The zero-order valence-electron chi connectivity index (χ0n) is 11.7. The van der Waals surface area contributed by atoms with Crippen molar-refractivity contribution in [3.05, 3.63) is 17.0 Å². The Labute approximate surface area is 108 Å². The number of aryl methyl sites for hydroxylation is 2. The second kappa shape index (κ2) is 7.16. The minimum absolute atomic E-state index is 0.101. The van der Waals surface area contributed by atoms with Gasteiger partial charge in [0, 0.05) is 18.0 Å². The number of rotatable bonds is 7. The summed E-state index contributed by atoms with van der Waals surface area (Å²) < 4.78 is 5.11. The summed E-state index contributed by atoms with van der Waals surface area (Å²) in [7, 11) is 1.89. The minimum atomic E-state index is 0.101. The predicted octanol–water partition coefficient (Wildman–Crippen LogP) is 1.34. The van der Waals surface area contributed by atoms with Crippen LogP contribution in [0.1, 0.15) is 36.8 Å². The number of aromatic nitrogens is 1. The molecule has 0 saturated carbocycles. The van der Waals surface area contributed by atoms with E-state index in [-0.39, 0.29) is 11.9 Å². The van der Waals surface area contributed by atoms with Crippen LogP contribution in [-0.2, 0) is 11.2 Å². The molecule has 5 nitrogen and oxygen atoms in total.